The van der Waals surface area contributed by atoms with E-state index in [1.807, 2.05) is 6.92 Å². The number of nitrogens with zero attached hydrogens (tertiary/aromatic N) is 1. The number of fused-ring (bicyclic) bond motifs is 1. The predicted molar refractivity (Wildman–Crippen MR) is 92.3 cm³/mol. The summed E-state index contributed by atoms with van der Waals surface area (Å²) in [5, 5.41) is 0. The summed E-state index contributed by atoms with van der Waals surface area (Å²) in [4.78, 5) is 53.7. The summed E-state index contributed by atoms with van der Waals surface area (Å²) >= 11 is 0. The molecule has 140 valence electrons. The summed E-state index contributed by atoms with van der Waals surface area (Å²) in [5.41, 5.74) is 2.04. The zero-order valence-electron chi connectivity index (χ0n) is 15.3. The fraction of sp³-hybridized carbons (Fsp3) is 0.579. The quantitative estimate of drug-likeness (QED) is 0.492. The number of H-pyrrole nitrogens is 1. The highest BCUT2D eigenvalue weighted by molar-refractivity contribution is 6.08. The van der Waals surface area contributed by atoms with E-state index in [-0.39, 0.29) is 29.4 Å². The van der Waals surface area contributed by atoms with E-state index in [0.717, 1.165) is 23.4 Å². The van der Waals surface area contributed by atoms with Gasteiger partial charge in [0.1, 0.15) is 6.04 Å². The number of Topliss-reactive ketones (excluding diaryl/α,β-unsaturated/α-hetero) is 1. The molecule has 2 fully saturated rings. The molecular formula is C19H24N2O5. The molecule has 3 atom stereocenters. The van der Waals surface area contributed by atoms with Crippen molar-refractivity contribution in [2.24, 2.45) is 11.8 Å². The summed E-state index contributed by atoms with van der Waals surface area (Å²) in [5.74, 6) is -2.24. The van der Waals surface area contributed by atoms with Gasteiger partial charge in [-0.3, -0.25) is 19.3 Å². The van der Waals surface area contributed by atoms with Crippen molar-refractivity contribution >= 4 is 23.6 Å². The van der Waals surface area contributed by atoms with E-state index in [4.69, 9.17) is 4.74 Å². The Labute approximate surface area is 152 Å². The maximum atomic E-state index is 12.5. The summed E-state index contributed by atoms with van der Waals surface area (Å²) in [6.07, 6.45) is 3.24. The number of ketones is 1. The Hall–Kier alpha value is -2.44. The van der Waals surface area contributed by atoms with Gasteiger partial charge >= 0.3 is 5.97 Å². The third-order valence-electron chi connectivity index (χ3n) is 5.40. The van der Waals surface area contributed by atoms with Crippen molar-refractivity contribution < 1.29 is 23.9 Å². The van der Waals surface area contributed by atoms with Crippen LogP contribution in [0.5, 0.6) is 0 Å². The molecule has 1 aliphatic heterocycles. The van der Waals surface area contributed by atoms with Crippen LogP contribution in [0.3, 0.4) is 0 Å². The molecule has 3 rings (SSSR count). The van der Waals surface area contributed by atoms with Gasteiger partial charge in [0.15, 0.2) is 6.61 Å². The third kappa shape index (κ3) is 3.18. The first-order valence-electron chi connectivity index (χ1n) is 9.04. The minimum Gasteiger partial charge on any atom is -0.456 e. The number of ether oxygens (including phenoxy) is 1. The lowest BCUT2D eigenvalue weighted by Crippen LogP contribution is -2.44. The molecule has 2 amide bonds. The number of hydrogen-bond acceptors (Lipinski definition) is 5. The van der Waals surface area contributed by atoms with Gasteiger partial charge < -0.3 is 9.72 Å². The van der Waals surface area contributed by atoms with Crippen LogP contribution in [0.1, 0.15) is 54.4 Å². The lowest BCUT2D eigenvalue weighted by Gasteiger charge is -2.21. The molecule has 1 aliphatic carbocycles. The highest BCUT2D eigenvalue weighted by atomic mass is 16.5. The molecule has 1 N–H and O–H groups in total. The molecule has 0 radical (unpaired) electrons. The summed E-state index contributed by atoms with van der Waals surface area (Å²) < 4.78 is 5.10. The average Bonchev–Trinajstić information content (AvgIpc) is 3.09. The molecule has 0 bridgehead atoms. The van der Waals surface area contributed by atoms with Crippen LogP contribution in [0, 0.1) is 25.7 Å². The second kappa shape index (κ2) is 7.05. The van der Waals surface area contributed by atoms with Gasteiger partial charge in [0.2, 0.25) is 17.6 Å². The van der Waals surface area contributed by atoms with Crippen LogP contribution < -0.4 is 0 Å². The first-order chi connectivity index (χ1) is 12.3. The molecule has 2 unspecified atom stereocenters. The first kappa shape index (κ1) is 18.4. The van der Waals surface area contributed by atoms with Crippen molar-refractivity contribution in [2.75, 3.05) is 6.61 Å². The Morgan fingerprint density at radius 3 is 2.27 bits per heavy atom. The van der Waals surface area contributed by atoms with Crippen molar-refractivity contribution in [1.82, 2.24) is 9.88 Å². The van der Waals surface area contributed by atoms with Gasteiger partial charge in [-0.05, 0) is 39.7 Å². The van der Waals surface area contributed by atoms with Crippen LogP contribution in [0.4, 0.5) is 0 Å². The van der Waals surface area contributed by atoms with E-state index in [9.17, 15) is 19.2 Å². The Bertz CT molecular complexity index is 742. The van der Waals surface area contributed by atoms with Crippen molar-refractivity contribution in [3.05, 3.63) is 23.0 Å². The van der Waals surface area contributed by atoms with Crippen LogP contribution in [-0.2, 0) is 19.1 Å². The number of rotatable bonds is 5. The Morgan fingerprint density at radius 2 is 1.77 bits per heavy atom. The maximum absolute atomic E-state index is 12.5. The Kier molecular flexibility index (Phi) is 4.98. The largest absolute Gasteiger partial charge is 0.456 e. The number of nitrogens with one attached hydrogen (secondary N) is 1. The SMILES string of the molecule is Cc1cc(C(=O)COC(=O)[C@H](C)N2C(=O)C3CCCCC3C2=O)c(C)[nH]1. The molecule has 0 spiro atoms. The first-order valence-corrected chi connectivity index (χ1v) is 9.04. The molecule has 1 aromatic rings. The highest BCUT2D eigenvalue weighted by Gasteiger charge is 2.51. The van der Waals surface area contributed by atoms with Gasteiger partial charge in [-0.2, -0.15) is 0 Å². The molecule has 1 aromatic heterocycles. The number of hydrogen-bond donors (Lipinski definition) is 1. The number of amides is 2. The minimum absolute atomic E-state index is 0.285. The van der Waals surface area contributed by atoms with Crippen molar-refractivity contribution in [3.8, 4) is 0 Å². The van der Waals surface area contributed by atoms with Crippen LogP contribution in [0.25, 0.3) is 0 Å². The number of imide groups is 1. The van der Waals surface area contributed by atoms with Gasteiger partial charge in [-0.15, -0.1) is 0 Å². The van der Waals surface area contributed by atoms with Gasteiger partial charge in [0.05, 0.1) is 11.8 Å². The van der Waals surface area contributed by atoms with Crippen LogP contribution in [-0.4, -0.2) is 46.1 Å². The zero-order chi connectivity index (χ0) is 19.0. The maximum Gasteiger partial charge on any atom is 0.329 e. The summed E-state index contributed by atoms with van der Waals surface area (Å²) in [6.45, 7) is 4.67. The summed E-state index contributed by atoms with van der Waals surface area (Å²) in [6, 6.07) is 0.690. The molecule has 1 saturated carbocycles. The molecule has 0 aromatic carbocycles. The van der Waals surface area contributed by atoms with Crippen LogP contribution in [0.15, 0.2) is 6.07 Å². The second-order valence-electron chi connectivity index (χ2n) is 7.24. The molecule has 7 nitrogen and oxygen atoms in total. The number of aryl methyl sites for hydroxylation is 2. The topological polar surface area (TPSA) is 96.5 Å². The standard InChI is InChI=1S/C19H24N2O5/c1-10-8-15(11(2)20-10)16(22)9-26-19(25)12(3)21-17(23)13-6-4-5-7-14(13)18(21)24/h8,12-14,20H,4-7,9H2,1-3H3/t12-,13?,14?/m0/s1. The normalized spacial score (nSPS) is 23.7. The highest BCUT2D eigenvalue weighted by Crippen LogP contribution is 2.38. The zero-order valence-corrected chi connectivity index (χ0v) is 15.3. The van der Waals surface area contributed by atoms with E-state index < -0.39 is 18.6 Å². The monoisotopic (exact) mass is 360 g/mol. The Balaban J connectivity index is 1.63. The lowest BCUT2D eigenvalue weighted by molar-refractivity contribution is -0.157. The van der Waals surface area contributed by atoms with E-state index in [0.29, 0.717) is 24.1 Å². The van der Waals surface area contributed by atoms with E-state index in [1.165, 1.54) is 6.92 Å². The lowest BCUT2D eigenvalue weighted by atomic mass is 9.81. The van der Waals surface area contributed by atoms with Gasteiger partial charge in [0.25, 0.3) is 0 Å². The predicted octanol–water partition coefficient (Wildman–Crippen LogP) is 1.92. The molecule has 26 heavy (non-hydrogen) atoms. The van der Waals surface area contributed by atoms with Crippen LogP contribution >= 0.6 is 0 Å². The number of likely N-dealkylation sites (tertiary alicyclic amines) is 1. The number of aromatic nitrogens is 1. The average molecular weight is 360 g/mol. The third-order valence-corrected chi connectivity index (χ3v) is 5.40. The Morgan fingerprint density at radius 1 is 1.19 bits per heavy atom. The van der Waals surface area contributed by atoms with E-state index in [1.54, 1.807) is 13.0 Å². The van der Waals surface area contributed by atoms with Crippen molar-refractivity contribution in [1.29, 1.82) is 0 Å². The number of aromatic amines is 1. The fourth-order valence-corrected chi connectivity index (χ4v) is 4.02. The molecule has 2 aliphatic rings. The number of carbonyl (C=O) groups excluding carboxylic acids is 4. The van der Waals surface area contributed by atoms with Gasteiger partial charge in [-0.25, -0.2) is 4.79 Å². The fourth-order valence-electron chi connectivity index (χ4n) is 4.02. The van der Waals surface area contributed by atoms with Crippen molar-refractivity contribution in [2.45, 2.75) is 52.5 Å². The van der Waals surface area contributed by atoms with Gasteiger partial charge in [0, 0.05) is 17.0 Å². The molecule has 2 heterocycles. The van der Waals surface area contributed by atoms with Crippen LogP contribution in [0.2, 0.25) is 0 Å². The van der Waals surface area contributed by atoms with E-state index in [2.05, 4.69) is 4.98 Å². The van der Waals surface area contributed by atoms with Crippen molar-refractivity contribution in [3.63, 3.8) is 0 Å². The number of esters is 1. The summed E-state index contributed by atoms with van der Waals surface area (Å²) in [7, 11) is 0. The molecular weight excluding hydrogens is 336 g/mol. The second-order valence-corrected chi connectivity index (χ2v) is 7.24. The minimum atomic E-state index is -1.01. The molecule has 1 saturated heterocycles. The van der Waals surface area contributed by atoms with Gasteiger partial charge in [-0.1, -0.05) is 12.8 Å². The molecule has 7 heteroatoms. The number of carbonyl (C=O) groups is 4. The van der Waals surface area contributed by atoms with E-state index >= 15 is 0 Å². The smallest absolute Gasteiger partial charge is 0.329 e.